The van der Waals surface area contributed by atoms with Crippen LogP contribution in [0.2, 0.25) is 0 Å². The van der Waals surface area contributed by atoms with E-state index in [1.807, 2.05) is 0 Å². The topological polar surface area (TPSA) is 50.9 Å². The number of pyridine rings is 1. The lowest BCUT2D eigenvalue weighted by atomic mass is 9.86. The Morgan fingerprint density at radius 2 is 2.00 bits per heavy atom. The molecule has 0 aromatic carbocycles. The van der Waals surface area contributed by atoms with Gasteiger partial charge in [-0.2, -0.15) is 13.2 Å². The molecular formula is C13H18F3N3. The molecule has 0 saturated heterocycles. The summed E-state index contributed by atoms with van der Waals surface area (Å²) in [7, 11) is 0. The van der Waals surface area contributed by atoms with Gasteiger partial charge in [0.15, 0.2) is 0 Å². The molecular weight excluding hydrogens is 255 g/mol. The normalized spacial score (nSPS) is 18.5. The highest BCUT2D eigenvalue weighted by Crippen LogP contribution is 2.38. The van der Waals surface area contributed by atoms with E-state index in [-0.39, 0.29) is 11.2 Å². The van der Waals surface area contributed by atoms with Crippen LogP contribution in [0.15, 0.2) is 18.3 Å². The molecule has 0 unspecified atom stereocenters. The Kier molecular flexibility index (Phi) is 3.99. The first kappa shape index (κ1) is 14.1. The highest BCUT2D eigenvalue weighted by Gasteiger charge is 2.36. The quantitative estimate of drug-likeness (QED) is 0.886. The number of alkyl halides is 3. The highest BCUT2D eigenvalue weighted by molar-refractivity contribution is 5.45. The molecule has 0 aliphatic heterocycles. The fourth-order valence-electron chi connectivity index (χ4n) is 2.62. The summed E-state index contributed by atoms with van der Waals surface area (Å²) >= 11 is 0. The summed E-state index contributed by atoms with van der Waals surface area (Å²) in [5.74, 6) is -0.102. The minimum atomic E-state index is -4.39. The Bertz CT molecular complexity index is 425. The zero-order chi connectivity index (χ0) is 13.9. The number of nitrogens with zero attached hydrogens (tertiary/aromatic N) is 1. The van der Waals surface area contributed by atoms with Crippen LogP contribution in [-0.2, 0) is 6.18 Å². The molecule has 0 bridgehead atoms. The molecule has 3 nitrogen and oxygen atoms in total. The van der Waals surface area contributed by atoms with Crippen LogP contribution >= 0.6 is 0 Å². The molecule has 1 aliphatic rings. The van der Waals surface area contributed by atoms with Gasteiger partial charge in [0.2, 0.25) is 0 Å². The van der Waals surface area contributed by atoms with Gasteiger partial charge in [0.1, 0.15) is 5.82 Å². The number of anilines is 1. The smallest absolute Gasteiger partial charge is 0.369 e. The second kappa shape index (κ2) is 5.36. The first-order valence-corrected chi connectivity index (χ1v) is 6.43. The summed E-state index contributed by atoms with van der Waals surface area (Å²) in [6.07, 6.45) is 1.08. The van der Waals surface area contributed by atoms with Crippen LogP contribution < -0.4 is 11.1 Å². The number of hydrogen-bond acceptors (Lipinski definition) is 3. The summed E-state index contributed by atoms with van der Waals surface area (Å²) in [6.45, 7) is 0.942. The molecule has 0 radical (unpaired) electrons. The maximum absolute atomic E-state index is 12.8. The number of halogens is 3. The minimum Gasteiger partial charge on any atom is -0.369 e. The van der Waals surface area contributed by atoms with Crippen molar-refractivity contribution in [3.8, 4) is 0 Å². The molecule has 19 heavy (non-hydrogen) atoms. The molecule has 6 heteroatoms. The maximum Gasteiger partial charge on any atom is 0.419 e. The molecule has 1 fully saturated rings. The molecule has 1 heterocycles. The third-order valence-electron chi connectivity index (χ3n) is 3.84. The number of nitrogens with one attached hydrogen (secondary N) is 1. The number of aromatic nitrogens is 1. The zero-order valence-electron chi connectivity index (χ0n) is 10.6. The average molecular weight is 273 g/mol. The van der Waals surface area contributed by atoms with Gasteiger partial charge in [-0.25, -0.2) is 4.98 Å². The number of nitrogens with two attached hydrogens (primary N) is 1. The van der Waals surface area contributed by atoms with Gasteiger partial charge >= 0.3 is 6.18 Å². The van der Waals surface area contributed by atoms with E-state index in [1.165, 1.54) is 12.3 Å². The SMILES string of the molecule is NCC1(CNc2ncccc2C(F)(F)F)CCCC1. The van der Waals surface area contributed by atoms with Crippen molar-refractivity contribution in [1.82, 2.24) is 4.98 Å². The lowest BCUT2D eigenvalue weighted by molar-refractivity contribution is -0.137. The van der Waals surface area contributed by atoms with Crippen LogP contribution in [0.25, 0.3) is 0 Å². The second-order valence-electron chi connectivity index (χ2n) is 5.16. The van der Waals surface area contributed by atoms with Gasteiger partial charge in [-0.15, -0.1) is 0 Å². The molecule has 0 amide bonds. The van der Waals surface area contributed by atoms with Crippen LogP contribution in [0.4, 0.5) is 19.0 Å². The van der Waals surface area contributed by atoms with Gasteiger partial charge in [0, 0.05) is 12.7 Å². The van der Waals surface area contributed by atoms with Crippen molar-refractivity contribution in [1.29, 1.82) is 0 Å². The first-order valence-electron chi connectivity index (χ1n) is 6.43. The number of rotatable bonds is 4. The lowest BCUT2D eigenvalue weighted by Crippen LogP contribution is -2.35. The van der Waals surface area contributed by atoms with Gasteiger partial charge in [-0.05, 0) is 36.9 Å². The Balaban J connectivity index is 2.11. The van der Waals surface area contributed by atoms with Gasteiger partial charge in [0.05, 0.1) is 5.56 Å². The van der Waals surface area contributed by atoms with Crippen LogP contribution in [-0.4, -0.2) is 18.1 Å². The fourth-order valence-corrected chi connectivity index (χ4v) is 2.62. The van der Waals surface area contributed by atoms with E-state index in [9.17, 15) is 13.2 Å². The Morgan fingerprint density at radius 1 is 1.32 bits per heavy atom. The van der Waals surface area contributed by atoms with E-state index in [1.54, 1.807) is 0 Å². The third kappa shape index (κ3) is 3.18. The second-order valence-corrected chi connectivity index (χ2v) is 5.16. The summed E-state index contributed by atoms with van der Waals surface area (Å²) in [5, 5.41) is 2.84. The molecule has 106 valence electrons. The van der Waals surface area contributed by atoms with Crippen molar-refractivity contribution >= 4 is 5.82 Å². The Morgan fingerprint density at radius 3 is 2.58 bits per heavy atom. The van der Waals surface area contributed by atoms with Crippen molar-refractivity contribution in [3.05, 3.63) is 23.9 Å². The van der Waals surface area contributed by atoms with E-state index in [0.29, 0.717) is 13.1 Å². The van der Waals surface area contributed by atoms with Crippen molar-refractivity contribution in [2.45, 2.75) is 31.9 Å². The van der Waals surface area contributed by atoms with E-state index in [4.69, 9.17) is 5.73 Å². The monoisotopic (exact) mass is 273 g/mol. The summed E-state index contributed by atoms with van der Waals surface area (Å²) < 4.78 is 38.5. The minimum absolute atomic E-state index is 0.0829. The van der Waals surface area contributed by atoms with E-state index in [2.05, 4.69) is 10.3 Å². The van der Waals surface area contributed by atoms with Crippen LogP contribution in [0.5, 0.6) is 0 Å². The lowest BCUT2D eigenvalue weighted by Gasteiger charge is -2.28. The van der Waals surface area contributed by atoms with Crippen molar-refractivity contribution in [2.24, 2.45) is 11.1 Å². The summed E-state index contributed by atoms with van der Waals surface area (Å²) in [5.41, 5.74) is 4.97. The summed E-state index contributed by atoms with van der Waals surface area (Å²) in [6, 6.07) is 2.33. The summed E-state index contributed by atoms with van der Waals surface area (Å²) in [4.78, 5) is 3.80. The Labute approximate surface area is 110 Å². The molecule has 2 rings (SSSR count). The van der Waals surface area contributed by atoms with E-state index in [0.717, 1.165) is 31.7 Å². The Hall–Kier alpha value is -1.30. The molecule has 1 aliphatic carbocycles. The van der Waals surface area contributed by atoms with Gasteiger partial charge in [-0.3, -0.25) is 0 Å². The largest absolute Gasteiger partial charge is 0.419 e. The predicted octanol–water partition coefficient (Wildman–Crippen LogP) is 3.03. The van der Waals surface area contributed by atoms with Crippen molar-refractivity contribution < 1.29 is 13.2 Å². The molecule has 1 aromatic heterocycles. The van der Waals surface area contributed by atoms with Gasteiger partial charge in [0.25, 0.3) is 0 Å². The molecule has 1 saturated carbocycles. The first-order chi connectivity index (χ1) is 8.97. The third-order valence-corrected chi connectivity index (χ3v) is 3.84. The van der Waals surface area contributed by atoms with Gasteiger partial charge in [-0.1, -0.05) is 12.8 Å². The number of hydrogen-bond donors (Lipinski definition) is 2. The molecule has 0 atom stereocenters. The zero-order valence-corrected chi connectivity index (χ0v) is 10.6. The van der Waals surface area contributed by atoms with Crippen LogP contribution in [0.1, 0.15) is 31.2 Å². The highest BCUT2D eigenvalue weighted by atomic mass is 19.4. The van der Waals surface area contributed by atoms with Crippen LogP contribution in [0, 0.1) is 5.41 Å². The van der Waals surface area contributed by atoms with Crippen molar-refractivity contribution in [2.75, 3.05) is 18.4 Å². The predicted molar refractivity (Wildman–Crippen MR) is 67.7 cm³/mol. The maximum atomic E-state index is 12.8. The fraction of sp³-hybridized carbons (Fsp3) is 0.615. The standard InChI is InChI=1S/C13H18F3N3/c14-13(15,16)10-4-3-7-18-11(10)19-9-12(8-17)5-1-2-6-12/h3-4,7H,1-2,5-6,8-9,17H2,(H,18,19). The van der Waals surface area contributed by atoms with E-state index < -0.39 is 11.7 Å². The van der Waals surface area contributed by atoms with Crippen molar-refractivity contribution in [3.63, 3.8) is 0 Å². The average Bonchev–Trinajstić information content (AvgIpc) is 2.85. The van der Waals surface area contributed by atoms with Gasteiger partial charge < -0.3 is 11.1 Å². The van der Waals surface area contributed by atoms with E-state index >= 15 is 0 Å². The molecule has 0 spiro atoms. The van der Waals surface area contributed by atoms with Crippen LogP contribution in [0.3, 0.4) is 0 Å². The molecule has 1 aromatic rings. The molecule has 3 N–H and O–H groups in total.